The summed E-state index contributed by atoms with van der Waals surface area (Å²) in [5.41, 5.74) is 0.326. The van der Waals surface area contributed by atoms with Crippen molar-refractivity contribution in [2.75, 3.05) is 10.0 Å². The molecule has 0 spiro atoms. The van der Waals surface area contributed by atoms with E-state index >= 15 is 0 Å². The molecule has 0 saturated heterocycles. The Hall–Kier alpha value is -2.19. The van der Waals surface area contributed by atoms with Crippen molar-refractivity contribution in [2.24, 2.45) is 0 Å². The smallest absolute Gasteiger partial charge is 0.264 e. The highest BCUT2D eigenvalue weighted by Crippen LogP contribution is 2.27. The summed E-state index contributed by atoms with van der Waals surface area (Å²) >= 11 is 5.92. The van der Waals surface area contributed by atoms with E-state index in [2.05, 4.69) is 10.0 Å². The van der Waals surface area contributed by atoms with Crippen LogP contribution >= 0.6 is 11.6 Å². The molecule has 0 bridgehead atoms. The van der Waals surface area contributed by atoms with E-state index in [-0.39, 0.29) is 16.6 Å². The van der Waals surface area contributed by atoms with Gasteiger partial charge in [-0.05, 0) is 36.4 Å². The molecule has 5 nitrogen and oxygen atoms in total. The number of sulfonamides is 1. The Morgan fingerprint density at radius 1 is 1.13 bits per heavy atom. The Morgan fingerprint density at radius 2 is 1.83 bits per heavy atom. The van der Waals surface area contributed by atoms with Crippen molar-refractivity contribution in [1.29, 1.82) is 0 Å². The lowest BCUT2D eigenvalue weighted by Gasteiger charge is -2.11. The molecule has 0 radical (unpaired) electrons. The third-order valence-electron chi connectivity index (χ3n) is 2.71. The van der Waals surface area contributed by atoms with Crippen molar-refractivity contribution < 1.29 is 22.0 Å². The number of anilines is 2. The van der Waals surface area contributed by atoms with E-state index in [1.54, 1.807) is 0 Å². The molecule has 9 heteroatoms. The van der Waals surface area contributed by atoms with E-state index < -0.39 is 26.6 Å². The average Bonchev–Trinajstić information content (AvgIpc) is 2.43. The third kappa shape index (κ3) is 4.17. The Balaban J connectivity index is 2.32. The molecule has 0 saturated carbocycles. The van der Waals surface area contributed by atoms with E-state index in [0.717, 1.165) is 12.1 Å². The Morgan fingerprint density at radius 3 is 2.43 bits per heavy atom. The molecule has 2 aromatic carbocycles. The lowest BCUT2D eigenvalue weighted by atomic mass is 10.3. The molecule has 0 aliphatic rings. The van der Waals surface area contributed by atoms with Gasteiger partial charge in [0.2, 0.25) is 5.91 Å². The molecule has 1 amide bonds. The minimum atomic E-state index is -4.33. The maximum atomic E-state index is 13.6. The maximum Gasteiger partial charge on any atom is 0.264 e. The first-order valence-electron chi connectivity index (χ1n) is 6.24. The molecule has 0 atom stereocenters. The number of carbonyl (C=O) groups excluding carboxylic acids is 1. The van der Waals surface area contributed by atoms with Crippen LogP contribution in [-0.4, -0.2) is 14.3 Å². The van der Waals surface area contributed by atoms with E-state index in [9.17, 15) is 22.0 Å². The van der Waals surface area contributed by atoms with Crippen molar-refractivity contribution in [3.05, 3.63) is 53.1 Å². The van der Waals surface area contributed by atoms with Crippen LogP contribution in [0.3, 0.4) is 0 Å². The number of halogens is 3. The van der Waals surface area contributed by atoms with Crippen LogP contribution in [0.2, 0.25) is 5.02 Å². The Labute approximate surface area is 136 Å². The predicted octanol–water partition coefficient (Wildman–Crippen LogP) is 3.38. The minimum Gasteiger partial charge on any atom is -0.325 e. The maximum absolute atomic E-state index is 13.6. The van der Waals surface area contributed by atoms with Crippen molar-refractivity contribution in [3.8, 4) is 0 Å². The number of amides is 1. The topological polar surface area (TPSA) is 75.3 Å². The van der Waals surface area contributed by atoms with Crippen molar-refractivity contribution >= 4 is 38.9 Å². The van der Waals surface area contributed by atoms with Gasteiger partial charge in [-0.3, -0.25) is 9.52 Å². The number of benzene rings is 2. The molecule has 0 aliphatic carbocycles. The van der Waals surface area contributed by atoms with Crippen molar-refractivity contribution in [3.63, 3.8) is 0 Å². The average molecular weight is 361 g/mol. The molecule has 122 valence electrons. The Bertz CT molecular complexity index is 872. The fourth-order valence-electron chi connectivity index (χ4n) is 1.76. The summed E-state index contributed by atoms with van der Waals surface area (Å²) in [6, 6.07) is 6.05. The second-order valence-electron chi connectivity index (χ2n) is 4.56. The molecule has 0 aliphatic heterocycles. The summed E-state index contributed by atoms with van der Waals surface area (Å²) in [6.07, 6.45) is 0. The number of hydrogen-bond acceptors (Lipinski definition) is 3. The molecule has 0 heterocycles. The van der Waals surface area contributed by atoms with Crippen LogP contribution in [0.25, 0.3) is 0 Å². The number of rotatable bonds is 4. The molecule has 2 rings (SSSR count). The molecular weight excluding hydrogens is 350 g/mol. The van der Waals surface area contributed by atoms with E-state index in [1.165, 1.54) is 25.1 Å². The van der Waals surface area contributed by atoms with Crippen molar-refractivity contribution in [2.45, 2.75) is 11.8 Å². The Kier molecular flexibility index (Phi) is 4.86. The first-order chi connectivity index (χ1) is 10.7. The molecule has 0 fully saturated rings. The van der Waals surface area contributed by atoms with Gasteiger partial charge in [-0.1, -0.05) is 11.6 Å². The zero-order chi connectivity index (χ0) is 17.2. The fourth-order valence-corrected chi connectivity index (χ4v) is 3.13. The van der Waals surface area contributed by atoms with Gasteiger partial charge in [-0.25, -0.2) is 17.2 Å². The minimum absolute atomic E-state index is 0.0350. The van der Waals surface area contributed by atoms with Gasteiger partial charge in [0.15, 0.2) is 0 Å². The highest BCUT2D eigenvalue weighted by Gasteiger charge is 2.20. The zero-order valence-corrected chi connectivity index (χ0v) is 13.3. The van der Waals surface area contributed by atoms with Gasteiger partial charge in [0.25, 0.3) is 10.0 Å². The monoisotopic (exact) mass is 360 g/mol. The summed E-state index contributed by atoms with van der Waals surface area (Å²) in [4.78, 5) is 10.2. The van der Waals surface area contributed by atoms with Crippen molar-refractivity contribution in [1.82, 2.24) is 0 Å². The van der Waals surface area contributed by atoms with Crippen LogP contribution in [-0.2, 0) is 14.8 Å². The number of hydrogen-bond donors (Lipinski definition) is 2. The van der Waals surface area contributed by atoms with E-state index in [4.69, 9.17) is 11.6 Å². The first-order valence-corrected chi connectivity index (χ1v) is 8.10. The molecule has 2 aromatic rings. The van der Waals surface area contributed by atoms with Gasteiger partial charge < -0.3 is 5.32 Å². The van der Waals surface area contributed by atoms with E-state index in [1.807, 2.05) is 0 Å². The molecule has 2 N–H and O–H groups in total. The number of nitrogens with one attached hydrogen (secondary N) is 2. The van der Waals surface area contributed by atoms with Gasteiger partial charge >= 0.3 is 0 Å². The summed E-state index contributed by atoms with van der Waals surface area (Å²) in [5, 5.41) is 2.54. The molecule has 0 aromatic heterocycles. The highest BCUT2D eigenvalue weighted by molar-refractivity contribution is 7.92. The van der Waals surface area contributed by atoms with Gasteiger partial charge in [0.05, 0.1) is 16.4 Å². The summed E-state index contributed by atoms with van der Waals surface area (Å²) in [7, 11) is -4.33. The van der Waals surface area contributed by atoms with Crippen LogP contribution in [0.15, 0.2) is 41.3 Å². The fraction of sp³-hybridized carbons (Fsp3) is 0.0714. The summed E-state index contributed by atoms with van der Waals surface area (Å²) < 4.78 is 53.1. The summed E-state index contributed by atoms with van der Waals surface area (Å²) in [6.45, 7) is 1.29. The van der Waals surface area contributed by atoms with Gasteiger partial charge in [0.1, 0.15) is 16.5 Å². The lowest BCUT2D eigenvalue weighted by Crippen LogP contribution is -2.15. The summed E-state index contributed by atoms with van der Waals surface area (Å²) in [5.74, 6) is -2.31. The normalized spacial score (nSPS) is 11.1. The SMILES string of the molecule is CC(=O)Nc1ccc(NS(=O)(=O)c2cc(F)ccc2F)cc1Cl. The quantitative estimate of drug-likeness (QED) is 0.877. The zero-order valence-electron chi connectivity index (χ0n) is 11.7. The second kappa shape index (κ2) is 6.51. The van der Waals surface area contributed by atoms with Crippen LogP contribution in [0, 0.1) is 11.6 Å². The van der Waals surface area contributed by atoms with Gasteiger partial charge in [-0.2, -0.15) is 0 Å². The third-order valence-corrected chi connectivity index (χ3v) is 4.42. The van der Waals surface area contributed by atoms with Crippen LogP contribution < -0.4 is 10.0 Å². The lowest BCUT2D eigenvalue weighted by molar-refractivity contribution is -0.114. The molecule has 0 unspecified atom stereocenters. The van der Waals surface area contributed by atoms with Crippen LogP contribution in [0.5, 0.6) is 0 Å². The van der Waals surface area contributed by atoms with Gasteiger partial charge in [-0.15, -0.1) is 0 Å². The van der Waals surface area contributed by atoms with Gasteiger partial charge in [0, 0.05) is 6.92 Å². The van der Waals surface area contributed by atoms with Crippen LogP contribution in [0.1, 0.15) is 6.92 Å². The standard InChI is InChI=1S/C14H11ClF2N2O3S/c1-8(20)18-13-5-3-10(7-11(13)15)19-23(21,22)14-6-9(16)2-4-12(14)17/h2-7,19H,1H3,(H,18,20). The van der Waals surface area contributed by atoms with Crippen LogP contribution in [0.4, 0.5) is 20.2 Å². The predicted molar refractivity (Wildman–Crippen MR) is 82.9 cm³/mol. The van der Waals surface area contributed by atoms with E-state index in [0.29, 0.717) is 11.8 Å². The second-order valence-corrected chi connectivity index (χ2v) is 6.61. The first kappa shape index (κ1) is 17.2. The largest absolute Gasteiger partial charge is 0.325 e. The highest BCUT2D eigenvalue weighted by atomic mass is 35.5. The molecule has 23 heavy (non-hydrogen) atoms. The number of carbonyl (C=O) groups is 1. The molecular formula is C14H11ClF2N2O3S.